The van der Waals surface area contributed by atoms with Crippen LogP contribution < -0.4 is 5.73 Å². The van der Waals surface area contributed by atoms with Crippen molar-refractivity contribution in [1.29, 1.82) is 0 Å². The Hall–Kier alpha value is -1.13. The lowest BCUT2D eigenvalue weighted by atomic mass is 10.2. The Kier molecular flexibility index (Phi) is 3.85. The Morgan fingerprint density at radius 2 is 2.21 bits per heavy atom. The normalized spacial score (nSPS) is 10.4. The molecule has 0 spiro atoms. The molecular formula is C9H10ClN3S. The zero-order valence-electron chi connectivity index (χ0n) is 7.64. The topological polar surface area (TPSA) is 41.6 Å². The molecule has 14 heavy (non-hydrogen) atoms. The predicted octanol–water partition coefficient (Wildman–Crippen LogP) is 1.85. The monoisotopic (exact) mass is 227 g/mol. The van der Waals surface area contributed by atoms with Crippen LogP contribution in [-0.4, -0.2) is 23.4 Å². The number of benzene rings is 1. The molecule has 1 rings (SSSR count). The molecule has 0 heterocycles. The minimum absolute atomic E-state index is 0.216. The summed E-state index contributed by atoms with van der Waals surface area (Å²) in [6.45, 7) is 0. The number of hydrogen-bond donors (Lipinski definition) is 1. The fraction of sp³-hybridized carbons (Fsp3) is 0.111. The molecule has 0 aromatic heterocycles. The van der Waals surface area contributed by atoms with Crippen LogP contribution in [0.2, 0.25) is 5.02 Å². The highest BCUT2D eigenvalue weighted by Gasteiger charge is 1.96. The SMILES string of the molecule is CN(N=Cc1ccccc1Cl)C(N)=S. The van der Waals surface area contributed by atoms with E-state index in [1.54, 1.807) is 19.3 Å². The van der Waals surface area contributed by atoms with Gasteiger partial charge in [-0.2, -0.15) is 5.10 Å². The van der Waals surface area contributed by atoms with Gasteiger partial charge in [-0.1, -0.05) is 29.8 Å². The summed E-state index contributed by atoms with van der Waals surface area (Å²) in [5.41, 5.74) is 6.18. The van der Waals surface area contributed by atoms with E-state index < -0.39 is 0 Å². The second-order valence-electron chi connectivity index (χ2n) is 2.63. The van der Waals surface area contributed by atoms with E-state index in [0.717, 1.165) is 5.56 Å². The smallest absolute Gasteiger partial charge is 0.186 e. The molecule has 0 aliphatic carbocycles. The highest BCUT2D eigenvalue weighted by atomic mass is 35.5. The second kappa shape index (κ2) is 4.93. The Morgan fingerprint density at radius 3 is 2.79 bits per heavy atom. The quantitative estimate of drug-likeness (QED) is 0.476. The van der Waals surface area contributed by atoms with Crippen molar-refractivity contribution in [2.45, 2.75) is 0 Å². The molecule has 3 nitrogen and oxygen atoms in total. The number of halogens is 1. The second-order valence-corrected chi connectivity index (χ2v) is 3.45. The first kappa shape index (κ1) is 10.9. The molecule has 5 heteroatoms. The van der Waals surface area contributed by atoms with Gasteiger partial charge in [0.1, 0.15) is 0 Å². The van der Waals surface area contributed by atoms with Gasteiger partial charge in [-0.15, -0.1) is 0 Å². The van der Waals surface area contributed by atoms with Crippen molar-refractivity contribution in [1.82, 2.24) is 5.01 Å². The van der Waals surface area contributed by atoms with Crippen molar-refractivity contribution in [2.24, 2.45) is 10.8 Å². The van der Waals surface area contributed by atoms with Gasteiger partial charge >= 0.3 is 0 Å². The van der Waals surface area contributed by atoms with Gasteiger partial charge in [-0.3, -0.25) is 0 Å². The average molecular weight is 228 g/mol. The first-order chi connectivity index (χ1) is 6.61. The Morgan fingerprint density at radius 1 is 1.57 bits per heavy atom. The molecule has 74 valence electrons. The number of rotatable bonds is 2. The van der Waals surface area contributed by atoms with Crippen molar-refractivity contribution in [3.8, 4) is 0 Å². The van der Waals surface area contributed by atoms with Crippen molar-refractivity contribution in [3.63, 3.8) is 0 Å². The number of hydrazone groups is 1. The molecule has 0 unspecified atom stereocenters. The van der Waals surface area contributed by atoms with E-state index in [0.29, 0.717) is 5.02 Å². The molecule has 0 amide bonds. The van der Waals surface area contributed by atoms with Crippen LogP contribution in [0.4, 0.5) is 0 Å². The molecule has 0 bridgehead atoms. The summed E-state index contributed by atoms with van der Waals surface area (Å²) < 4.78 is 0. The third kappa shape index (κ3) is 2.97. The van der Waals surface area contributed by atoms with Crippen LogP contribution in [0.25, 0.3) is 0 Å². The zero-order chi connectivity index (χ0) is 10.6. The minimum atomic E-state index is 0.216. The lowest BCUT2D eigenvalue weighted by Gasteiger charge is -2.08. The largest absolute Gasteiger partial charge is 0.375 e. The molecule has 0 saturated heterocycles. The molecule has 0 aliphatic rings. The highest BCUT2D eigenvalue weighted by molar-refractivity contribution is 7.80. The van der Waals surface area contributed by atoms with Crippen molar-refractivity contribution in [2.75, 3.05) is 7.05 Å². The van der Waals surface area contributed by atoms with E-state index in [9.17, 15) is 0 Å². The average Bonchev–Trinajstić information content (AvgIpc) is 2.16. The third-order valence-electron chi connectivity index (χ3n) is 1.59. The van der Waals surface area contributed by atoms with Gasteiger partial charge < -0.3 is 5.73 Å². The summed E-state index contributed by atoms with van der Waals surface area (Å²) in [5, 5.41) is 6.28. The van der Waals surface area contributed by atoms with Gasteiger partial charge in [-0.05, 0) is 18.3 Å². The van der Waals surface area contributed by atoms with Crippen molar-refractivity contribution in [3.05, 3.63) is 34.9 Å². The van der Waals surface area contributed by atoms with Gasteiger partial charge in [0.15, 0.2) is 5.11 Å². The lowest BCUT2D eigenvalue weighted by molar-refractivity contribution is 0.552. The summed E-state index contributed by atoms with van der Waals surface area (Å²) in [7, 11) is 1.68. The van der Waals surface area contributed by atoms with Crippen LogP contribution >= 0.6 is 23.8 Å². The van der Waals surface area contributed by atoms with Crippen LogP contribution in [0, 0.1) is 0 Å². The standard InChI is InChI=1S/C9H10ClN3S/c1-13(9(11)14)12-6-7-4-2-3-5-8(7)10/h2-6H,1H3,(H2,11,14). The van der Waals surface area contributed by atoms with Gasteiger partial charge in [0.25, 0.3) is 0 Å². The van der Waals surface area contributed by atoms with Crippen LogP contribution in [0.1, 0.15) is 5.56 Å². The maximum atomic E-state index is 5.91. The van der Waals surface area contributed by atoms with Crippen LogP contribution in [-0.2, 0) is 0 Å². The van der Waals surface area contributed by atoms with Crippen LogP contribution in [0.5, 0.6) is 0 Å². The van der Waals surface area contributed by atoms with Gasteiger partial charge in [0.2, 0.25) is 0 Å². The molecular weight excluding hydrogens is 218 g/mol. The molecule has 1 aromatic rings. The van der Waals surface area contributed by atoms with Crippen LogP contribution in [0.15, 0.2) is 29.4 Å². The Bertz CT molecular complexity index is 365. The van der Waals surface area contributed by atoms with Crippen molar-refractivity contribution >= 4 is 35.1 Å². The summed E-state index contributed by atoms with van der Waals surface area (Å²) in [4.78, 5) is 0. The number of nitrogens with two attached hydrogens (primary N) is 1. The van der Waals surface area contributed by atoms with Crippen LogP contribution in [0.3, 0.4) is 0 Å². The van der Waals surface area contributed by atoms with Gasteiger partial charge in [-0.25, -0.2) is 5.01 Å². The molecule has 0 radical (unpaired) electrons. The number of thiocarbonyl (C=S) groups is 1. The van der Waals surface area contributed by atoms with Gasteiger partial charge in [0, 0.05) is 17.6 Å². The van der Waals surface area contributed by atoms with Gasteiger partial charge in [0.05, 0.1) is 6.21 Å². The van der Waals surface area contributed by atoms with E-state index in [1.807, 2.05) is 18.2 Å². The van der Waals surface area contributed by atoms with E-state index >= 15 is 0 Å². The molecule has 0 atom stereocenters. The Labute approximate surface area is 93.2 Å². The van der Waals surface area contributed by atoms with Crippen molar-refractivity contribution < 1.29 is 0 Å². The maximum absolute atomic E-state index is 5.91. The van der Waals surface area contributed by atoms with E-state index in [-0.39, 0.29) is 5.11 Å². The first-order valence-corrected chi connectivity index (χ1v) is 4.71. The van der Waals surface area contributed by atoms with E-state index in [1.165, 1.54) is 5.01 Å². The zero-order valence-corrected chi connectivity index (χ0v) is 9.22. The predicted molar refractivity (Wildman–Crippen MR) is 63.6 cm³/mol. The number of hydrogen-bond acceptors (Lipinski definition) is 2. The first-order valence-electron chi connectivity index (χ1n) is 3.93. The molecule has 2 N–H and O–H groups in total. The summed E-state index contributed by atoms with van der Waals surface area (Å²) >= 11 is 10.6. The molecule has 0 saturated carbocycles. The fourth-order valence-corrected chi connectivity index (χ4v) is 1.02. The van der Waals surface area contributed by atoms with E-state index in [2.05, 4.69) is 5.10 Å². The molecule has 0 fully saturated rings. The Balaban J connectivity index is 2.78. The molecule has 1 aromatic carbocycles. The summed E-state index contributed by atoms with van der Waals surface area (Å²) in [6, 6.07) is 7.40. The molecule has 0 aliphatic heterocycles. The lowest BCUT2D eigenvalue weighted by Crippen LogP contribution is -2.27. The summed E-state index contributed by atoms with van der Waals surface area (Å²) in [6.07, 6.45) is 1.61. The fourth-order valence-electron chi connectivity index (χ4n) is 0.786. The maximum Gasteiger partial charge on any atom is 0.186 e. The van der Waals surface area contributed by atoms with E-state index in [4.69, 9.17) is 29.6 Å². The number of nitrogens with zero attached hydrogens (tertiary/aromatic N) is 2. The summed E-state index contributed by atoms with van der Waals surface area (Å²) in [5.74, 6) is 0. The third-order valence-corrected chi connectivity index (χ3v) is 2.20. The minimum Gasteiger partial charge on any atom is -0.375 e. The highest BCUT2D eigenvalue weighted by Crippen LogP contribution is 2.12.